The molecule has 0 fully saturated rings. The number of hydrogen-bond acceptors (Lipinski definition) is 5. The lowest BCUT2D eigenvalue weighted by atomic mass is 10.1. The summed E-state index contributed by atoms with van der Waals surface area (Å²) >= 11 is 0. The van der Waals surface area contributed by atoms with Gasteiger partial charge in [0.25, 0.3) is 0 Å². The highest BCUT2D eigenvalue weighted by Crippen LogP contribution is 2.11. The second-order valence-corrected chi connectivity index (χ2v) is 11.9. The monoisotopic (exact) mass is 566 g/mol. The van der Waals surface area contributed by atoms with Crippen LogP contribution >= 0.6 is 0 Å². The molecule has 0 aliphatic rings. The number of nitrogens with zero attached hydrogens (tertiary/aromatic N) is 2. The van der Waals surface area contributed by atoms with Crippen molar-refractivity contribution in [1.29, 1.82) is 0 Å². The summed E-state index contributed by atoms with van der Waals surface area (Å²) in [6.45, 7) is 12.3. The summed E-state index contributed by atoms with van der Waals surface area (Å²) in [6, 6.07) is 0. The lowest BCUT2D eigenvalue weighted by molar-refractivity contribution is 0.0841. The summed E-state index contributed by atoms with van der Waals surface area (Å²) in [5.41, 5.74) is 5.72. The maximum absolute atomic E-state index is 10.3. The van der Waals surface area contributed by atoms with Gasteiger partial charge in [-0.25, -0.2) is 0 Å². The van der Waals surface area contributed by atoms with E-state index in [1.807, 2.05) is 0 Å². The molecule has 2 atom stereocenters. The second-order valence-electron chi connectivity index (χ2n) is 11.9. The highest BCUT2D eigenvalue weighted by Gasteiger charge is 2.15. The van der Waals surface area contributed by atoms with Crippen molar-refractivity contribution < 1.29 is 10.2 Å². The first-order chi connectivity index (χ1) is 19.6. The molecule has 238 valence electrons. The van der Waals surface area contributed by atoms with E-state index in [2.05, 4.69) is 54.9 Å². The summed E-state index contributed by atoms with van der Waals surface area (Å²) < 4.78 is 0. The van der Waals surface area contributed by atoms with Gasteiger partial charge in [0.1, 0.15) is 0 Å². The predicted molar refractivity (Wildman–Crippen MR) is 177 cm³/mol. The molecule has 0 aromatic heterocycles. The first-order valence-electron chi connectivity index (χ1n) is 17.4. The van der Waals surface area contributed by atoms with E-state index < -0.39 is 6.10 Å². The van der Waals surface area contributed by atoms with E-state index in [4.69, 9.17) is 5.73 Å². The zero-order valence-electron chi connectivity index (χ0n) is 27.2. The van der Waals surface area contributed by atoms with Crippen LogP contribution in [0.4, 0.5) is 0 Å². The first kappa shape index (κ1) is 39.3. The molecule has 0 saturated carbocycles. The van der Waals surface area contributed by atoms with Gasteiger partial charge in [0, 0.05) is 32.7 Å². The van der Waals surface area contributed by atoms with E-state index in [-0.39, 0.29) is 6.10 Å². The van der Waals surface area contributed by atoms with Crippen LogP contribution in [0.15, 0.2) is 24.3 Å². The minimum atomic E-state index is -0.456. The lowest BCUT2D eigenvalue weighted by Crippen LogP contribution is -2.43. The fourth-order valence-corrected chi connectivity index (χ4v) is 5.11. The van der Waals surface area contributed by atoms with Gasteiger partial charge in [-0.2, -0.15) is 0 Å². The van der Waals surface area contributed by atoms with E-state index in [0.717, 1.165) is 45.6 Å². The van der Waals surface area contributed by atoms with Crippen LogP contribution in [0.25, 0.3) is 0 Å². The quantitative estimate of drug-likeness (QED) is 0.0589. The van der Waals surface area contributed by atoms with Gasteiger partial charge in [0.15, 0.2) is 0 Å². The van der Waals surface area contributed by atoms with Crippen LogP contribution < -0.4 is 5.73 Å². The summed E-state index contributed by atoms with van der Waals surface area (Å²) in [4.78, 5) is 4.83. The molecule has 0 bridgehead atoms. The fourth-order valence-electron chi connectivity index (χ4n) is 5.11. The Morgan fingerprint density at radius 3 is 1.45 bits per heavy atom. The molecular weight excluding hydrogens is 494 g/mol. The molecule has 0 spiro atoms. The Kier molecular flexibility index (Phi) is 30.7. The van der Waals surface area contributed by atoms with E-state index in [1.54, 1.807) is 0 Å². The predicted octanol–water partition coefficient (Wildman–Crippen LogP) is 7.85. The summed E-state index contributed by atoms with van der Waals surface area (Å²) in [6.07, 6.45) is 32.3. The molecule has 0 rings (SSSR count). The van der Waals surface area contributed by atoms with E-state index in [0.29, 0.717) is 13.1 Å². The van der Waals surface area contributed by atoms with Crippen molar-refractivity contribution >= 4 is 0 Å². The number of aliphatic hydroxyl groups is 2. The number of hydrogen-bond donors (Lipinski definition) is 3. The summed E-state index contributed by atoms with van der Waals surface area (Å²) in [7, 11) is 0. The molecule has 0 aromatic carbocycles. The fraction of sp³-hybridized carbons (Fsp3) is 0.886. The number of aliphatic hydroxyl groups excluding tert-OH is 2. The molecule has 0 radical (unpaired) electrons. The molecule has 4 N–H and O–H groups in total. The Hall–Kier alpha value is -0.720. The van der Waals surface area contributed by atoms with Crippen molar-refractivity contribution in [1.82, 2.24) is 9.80 Å². The average Bonchev–Trinajstić information content (AvgIpc) is 2.96. The van der Waals surface area contributed by atoms with Gasteiger partial charge in [-0.1, -0.05) is 116 Å². The van der Waals surface area contributed by atoms with Crippen molar-refractivity contribution in [3.05, 3.63) is 24.3 Å². The van der Waals surface area contributed by atoms with Crippen LogP contribution in [0.2, 0.25) is 0 Å². The van der Waals surface area contributed by atoms with Gasteiger partial charge in [-0.05, 0) is 64.5 Å². The zero-order chi connectivity index (χ0) is 29.5. The third-order valence-electron chi connectivity index (χ3n) is 7.92. The van der Waals surface area contributed by atoms with Crippen LogP contribution in [0.3, 0.4) is 0 Å². The third kappa shape index (κ3) is 27.4. The molecule has 2 unspecified atom stereocenters. The Bertz CT molecular complexity index is 555. The van der Waals surface area contributed by atoms with Gasteiger partial charge in [-0.15, -0.1) is 0 Å². The highest BCUT2D eigenvalue weighted by atomic mass is 16.3. The summed E-state index contributed by atoms with van der Waals surface area (Å²) in [5, 5.41) is 20.5. The SMILES string of the molecule is CCCCC/C=C\C/C=C/CCCCCCCCN(CCN(CCCCCCCC)CC(O)CN)CC(O)CC. The zero-order valence-corrected chi connectivity index (χ0v) is 27.2. The van der Waals surface area contributed by atoms with E-state index in [1.165, 1.54) is 109 Å². The third-order valence-corrected chi connectivity index (χ3v) is 7.92. The molecule has 0 heterocycles. The lowest BCUT2D eigenvalue weighted by Gasteiger charge is -2.30. The largest absolute Gasteiger partial charge is 0.392 e. The van der Waals surface area contributed by atoms with Crippen molar-refractivity contribution in [2.75, 3.05) is 45.8 Å². The van der Waals surface area contributed by atoms with Crippen LogP contribution in [0, 0.1) is 0 Å². The molecule has 0 aliphatic carbocycles. The molecule has 0 aromatic rings. The molecule has 0 aliphatic heterocycles. The standard InChI is InChI=1S/C35H71N3O2/c1-4-7-9-11-13-14-15-16-17-18-19-20-21-22-24-26-27-37(32-34(39)6-3)29-30-38(33-35(40)31-36)28-25-23-12-10-8-5-2/h13-14,16-17,34-35,39-40H,4-12,15,18-33,36H2,1-3H3/b14-13-,17-16+. The number of allylic oxidation sites excluding steroid dienone is 4. The van der Waals surface area contributed by atoms with Crippen molar-refractivity contribution in [3.8, 4) is 0 Å². The molecule has 40 heavy (non-hydrogen) atoms. The minimum absolute atomic E-state index is 0.258. The van der Waals surface area contributed by atoms with Gasteiger partial charge < -0.3 is 15.9 Å². The van der Waals surface area contributed by atoms with E-state index >= 15 is 0 Å². The molecule has 0 amide bonds. The van der Waals surface area contributed by atoms with Crippen LogP contribution in [-0.4, -0.2) is 78.0 Å². The molecule has 5 nitrogen and oxygen atoms in total. The molecule has 5 heteroatoms. The normalized spacial score (nSPS) is 13.9. The van der Waals surface area contributed by atoms with Crippen molar-refractivity contribution in [2.45, 2.75) is 155 Å². The second kappa shape index (κ2) is 31.2. The molecule has 0 saturated heterocycles. The number of unbranched alkanes of at least 4 members (excludes halogenated alkanes) is 14. The topological polar surface area (TPSA) is 73.0 Å². The van der Waals surface area contributed by atoms with Crippen LogP contribution in [0.1, 0.15) is 143 Å². The Morgan fingerprint density at radius 2 is 0.950 bits per heavy atom. The van der Waals surface area contributed by atoms with Gasteiger partial charge in [0.05, 0.1) is 12.2 Å². The highest BCUT2D eigenvalue weighted by molar-refractivity contribution is 4.92. The first-order valence-corrected chi connectivity index (χ1v) is 17.4. The van der Waals surface area contributed by atoms with Gasteiger partial charge in [-0.3, -0.25) is 9.80 Å². The van der Waals surface area contributed by atoms with Crippen molar-refractivity contribution in [2.24, 2.45) is 5.73 Å². The Labute approximate surface area is 250 Å². The van der Waals surface area contributed by atoms with Gasteiger partial charge in [0.2, 0.25) is 0 Å². The maximum Gasteiger partial charge on any atom is 0.0789 e. The maximum atomic E-state index is 10.3. The molecular formula is C35H71N3O2. The van der Waals surface area contributed by atoms with Crippen LogP contribution in [-0.2, 0) is 0 Å². The van der Waals surface area contributed by atoms with Gasteiger partial charge >= 0.3 is 0 Å². The van der Waals surface area contributed by atoms with Crippen molar-refractivity contribution in [3.63, 3.8) is 0 Å². The minimum Gasteiger partial charge on any atom is -0.392 e. The van der Waals surface area contributed by atoms with Crippen LogP contribution in [0.5, 0.6) is 0 Å². The number of nitrogens with two attached hydrogens (primary N) is 1. The Balaban J connectivity index is 4.19. The Morgan fingerprint density at radius 1 is 0.525 bits per heavy atom. The summed E-state index contributed by atoms with van der Waals surface area (Å²) in [5.74, 6) is 0. The average molecular weight is 566 g/mol. The smallest absolute Gasteiger partial charge is 0.0789 e. The van der Waals surface area contributed by atoms with E-state index in [9.17, 15) is 10.2 Å². The number of rotatable bonds is 31.